The van der Waals surface area contributed by atoms with Crippen LogP contribution in [0.5, 0.6) is 0 Å². The highest BCUT2D eigenvalue weighted by Crippen LogP contribution is 2.30. The molecule has 0 saturated carbocycles. The number of rotatable bonds is 8. The number of Topliss-reactive ketones (excluding diaryl/α,β-unsaturated/α-hetero) is 1. The number of fused-ring (bicyclic) bond motifs is 1. The largest absolute Gasteiger partial charge is 0.397 e. The maximum atomic E-state index is 13.9. The maximum Gasteiger partial charge on any atom is 0.322 e. The van der Waals surface area contributed by atoms with E-state index in [2.05, 4.69) is 52.3 Å². The second kappa shape index (κ2) is 14.4. The van der Waals surface area contributed by atoms with Crippen molar-refractivity contribution >= 4 is 66.9 Å². The summed E-state index contributed by atoms with van der Waals surface area (Å²) < 4.78 is 1.14. The van der Waals surface area contributed by atoms with E-state index in [9.17, 15) is 19.2 Å². The van der Waals surface area contributed by atoms with Gasteiger partial charge in [0.05, 0.1) is 12.2 Å². The Bertz CT molecular complexity index is 1380. The summed E-state index contributed by atoms with van der Waals surface area (Å²) in [6.07, 6.45) is 1.81. The summed E-state index contributed by atoms with van der Waals surface area (Å²) in [5.41, 5.74) is 8.81. The number of hydrogen-bond acceptors (Lipinski definition) is 7. The van der Waals surface area contributed by atoms with Gasteiger partial charge in [0.1, 0.15) is 6.04 Å². The van der Waals surface area contributed by atoms with E-state index >= 15 is 0 Å². The van der Waals surface area contributed by atoms with E-state index in [0.717, 1.165) is 43.9 Å². The first-order valence-corrected chi connectivity index (χ1v) is 16.6. The number of carbonyl (C=O) groups excluding carboxylic acids is 4. The fourth-order valence-corrected chi connectivity index (χ4v) is 7.24. The van der Waals surface area contributed by atoms with Gasteiger partial charge in [-0.3, -0.25) is 19.3 Å². The standard InChI is InChI=1S/C31H39Br2N7O4/c1-37-12-14-38(15-13-37)19-28(42)35-26(18-27(41)21-16-23(32)29(34)24(33)17-21)30(43)39-9-7-22(8-10-39)40-11-6-20-4-2-3-5-25(20)36-31(40)44/h2-5,16-17,22,26H,6-15,18-19,34H2,1H3,(H,35,42)(H,36,44)/t26-/m0/s1. The molecule has 4 N–H and O–H groups in total. The Kier molecular flexibility index (Phi) is 10.6. The smallest absolute Gasteiger partial charge is 0.322 e. The number of nitrogen functional groups attached to an aromatic ring is 1. The maximum absolute atomic E-state index is 13.9. The number of likely N-dealkylation sites (N-methyl/N-ethyl adjacent to an activating group) is 1. The number of urea groups is 1. The number of piperazine rings is 1. The fraction of sp³-hybridized carbons (Fsp3) is 0.484. The number of nitrogens with zero attached hydrogens (tertiary/aromatic N) is 4. The lowest BCUT2D eigenvalue weighted by Gasteiger charge is -2.39. The third kappa shape index (κ3) is 7.79. The van der Waals surface area contributed by atoms with E-state index in [4.69, 9.17) is 5.73 Å². The summed E-state index contributed by atoms with van der Waals surface area (Å²) >= 11 is 6.77. The van der Waals surface area contributed by atoms with Crippen molar-refractivity contribution < 1.29 is 19.2 Å². The number of halogens is 2. The summed E-state index contributed by atoms with van der Waals surface area (Å²) in [5, 5.41) is 5.91. The summed E-state index contributed by atoms with van der Waals surface area (Å²) in [7, 11) is 2.05. The zero-order chi connectivity index (χ0) is 31.4. The Morgan fingerprint density at radius 3 is 2.34 bits per heavy atom. The van der Waals surface area contributed by atoms with Crippen LogP contribution < -0.4 is 16.4 Å². The molecule has 0 spiro atoms. The minimum absolute atomic E-state index is 0.00949. The number of nitrogens with two attached hydrogens (primary N) is 1. The van der Waals surface area contributed by atoms with Crippen LogP contribution in [0.4, 0.5) is 16.2 Å². The molecule has 4 amide bonds. The number of piperidine rings is 1. The van der Waals surface area contributed by atoms with Gasteiger partial charge in [0, 0.05) is 78.5 Å². The predicted molar refractivity (Wildman–Crippen MR) is 177 cm³/mol. The summed E-state index contributed by atoms with van der Waals surface area (Å²) in [5.74, 6) is -0.846. The van der Waals surface area contributed by atoms with Crippen LogP contribution in [0.3, 0.4) is 0 Å². The molecule has 2 fully saturated rings. The second-order valence-electron chi connectivity index (χ2n) is 11.8. The van der Waals surface area contributed by atoms with E-state index in [1.165, 1.54) is 0 Å². The SMILES string of the molecule is CN1CCN(CC(=O)N[C@@H](CC(=O)c2cc(Br)c(N)c(Br)c2)C(=O)N2CCC(N3CCc4ccccc4NC3=O)CC2)CC1. The molecule has 5 rings (SSSR count). The van der Waals surface area contributed by atoms with Gasteiger partial charge in [-0.15, -0.1) is 0 Å². The molecule has 0 unspecified atom stereocenters. The van der Waals surface area contributed by atoms with Crippen molar-refractivity contribution in [3.05, 3.63) is 56.5 Å². The number of hydrogen-bond donors (Lipinski definition) is 3. The molecule has 44 heavy (non-hydrogen) atoms. The molecule has 236 valence electrons. The summed E-state index contributed by atoms with van der Waals surface area (Å²) in [6.45, 7) is 4.88. The number of ketones is 1. The van der Waals surface area contributed by atoms with Crippen molar-refractivity contribution in [2.45, 2.75) is 37.8 Å². The summed E-state index contributed by atoms with van der Waals surface area (Å²) in [6, 6.07) is 9.95. The Hall–Kier alpha value is -3.00. The van der Waals surface area contributed by atoms with E-state index in [-0.39, 0.29) is 42.6 Å². The summed E-state index contributed by atoms with van der Waals surface area (Å²) in [4.78, 5) is 61.4. The molecule has 0 radical (unpaired) electrons. The quantitative estimate of drug-likeness (QED) is 0.281. The lowest BCUT2D eigenvalue weighted by molar-refractivity contribution is -0.138. The molecule has 0 bridgehead atoms. The molecular formula is C31H39Br2N7O4. The van der Waals surface area contributed by atoms with Crippen LogP contribution in [-0.2, 0) is 16.0 Å². The minimum Gasteiger partial charge on any atom is -0.397 e. The van der Waals surface area contributed by atoms with Gasteiger partial charge in [-0.05, 0) is 81.9 Å². The number of likely N-dealkylation sites (tertiary alicyclic amines) is 1. The molecular weight excluding hydrogens is 694 g/mol. The molecule has 13 heteroatoms. The Morgan fingerprint density at radius 1 is 1.00 bits per heavy atom. The van der Waals surface area contributed by atoms with Gasteiger partial charge in [0.25, 0.3) is 0 Å². The highest BCUT2D eigenvalue weighted by Gasteiger charge is 2.35. The zero-order valence-corrected chi connectivity index (χ0v) is 28.0. The van der Waals surface area contributed by atoms with Crippen molar-refractivity contribution in [2.75, 3.05) is 70.5 Å². The Labute approximate surface area is 274 Å². The fourth-order valence-electron chi connectivity index (χ4n) is 6.05. The molecule has 3 heterocycles. The van der Waals surface area contributed by atoms with Gasteiger partial charge >= 0.3 is 6.03 Å². The number of amides is 4. The van der Waals surface area contributed by atoms with Crippen LogP contribution in [0.25, 0.3) is 0 Å². The number of para-hydroxylation sites is 1. The molecule has 0 aromatic heterocycles. The first kappa shape index (κ1) is 32.4. The van der Waals surface area contributed by atoms with E-state index in [0.29, 0.717) is 52.7 Å². The first-order chi connectivity index (χ1) is 21.1. The second-order valence-corrected chi connectivity index (χ2v) is 13.5. The van der Waals surface area contributed by atoms with Crippen LogP contribution in [0.2, 0.25) is 0 Å². The molecule has 1 atom stereocenters. The number of anilines is 2. The lowest BCUT2D eigenvalue weighted by Crippen LogP contribution is -2.56. The van der Waals surface area contributed by atoms with Crippen LogP contribution in [0, 0.1) is 0 Å². The zero-order valence-electron chi connectivity index (χ0n) is 24.9. The van der Waals surface area contributed by atoms with E-state index in [1.807, 2.05) is 36.2 Å². The number of nitrogens with one attached hydrogen (secondary N) is 2. The molecule has 3 aliphatic heterocycles. The molecule has 2 aromatic rings. The Morgan fingerprint density at radius 2 is 1.66 bits per heavy atom. The average Bonchev–Trinajstić information content (AvgIpc) is 3.18. The van der Waals surface area contributed by atoms with Gasteiger partial charge in [-0.1, -0.05) is 18.2 Å². The highest BCUT2D eigenvalue weighted by molar-refractivity contribution is 9.11. The van der Waals surface area contributed by atoms with E-state index in [1.54, 1.807) is 17.0 Å². The minimum atomic E-state index is -1.01. The molecule has 2 aromatic carbocycles. The molecule has 3 aliphatic rings. The van der Waals surface area contributed by atoms with Crippen molar-refractivity contribution in [3.8, 4) is 0 Å². The van der Waals surface area contributed by atoms with Crippen LogP contribution >= 0.6 is 31.9 Å². The van der Waals surface area contributed by atoms with E-state index < -0.39 is 6.04 Å². The highest BCUT2D eigenvalue weighted by atomic mass is 79.9. The third-order valence-electron chi connectivity index (χ3n) is 8.75. The molecule has 11 nitrogen and oxygen atoms in total. The van der Waals surface area contributed by atoms with Crippen molar-refractivity contribution in [3.63, 3.8) is 0 Å². The topological polar surface area (TPSA) is 131 Å². The van der Waals surface area contributed by atoms with Crippen molar-refractivity contribution in [1.29, 1.82) is 0 Å². The van der Waals surface area contributed by atoms with Crippen molar-refractivity contribution in [2.24, 2.45) is 0 Å². The van der Waals surface area contributed by atoms with Gasteiger partial charge in [0.15, 0.2) is 5.78 Å². The monoisotopic (exact) mass is 731 g/mol. The van der Waals surface area contributed by atoms with Gasteiger partial charge in [0.2, 0.25) is 11.8 Å². The van der Waals surface area contributed by atoms with Crippen molar-refractivity contribution in [1.82, 2.24) is 24.9 Å². The normalized spacial score (nSPS) is 19.1. The van der Waals surface area contributed by atoms with Crippen LogP contribution in [0.15, 0.2) is 45.3 Å². The van der Waals surface area contributed by atoms with Gasteiger partial charge < -0.3 is 31.1 Å². The van der Waals surface area contributed by atoms with Crippen LogP contribution in [-0.4, -0.2) is 115 Å². The average molecular weight is 734 g/mol. The van der Waals surface area contributed by atoms with Gasteiger partial charge in [-0.25, -0.2) is 4.79 Å². The predicted octanol–water partition coefficient (Wildman–Crippen LogP) is 3.18. The lowest BCUT2D eigenvalue weighted by atomic mass is 9.99. The first-order valence-electron chi connectivity index (χ1n) is 15.0. The Balaban J connectivity index is 1.24. The number of carbonyl (C=O) groups is 4. The molecule has 0 aliphatic carbocycles. The van der Waals surface area contributed by atoms with Crippen LogP contribution in [0.1, 0.15) is 35.2 Å². The van der Waals surface area contributed by atoms with Gasteiger partial charge in [-0.2, -0.15) is 0 Å². The number of benzene rings is 2. The third-order valence-corrected chi connectivity index (χ3v) is 10.1. The molecule has 2 saturated heterocycles.